The highest BCUT2D eigenvalue weighted by atomic mass is 15.2. The number of nitriles is 1. The molecule has 2 unspecified atom stereocenters. The van der Waals surface area contributed by atoms with Gasteiger partial charge in [0, 0.05) is 12.6 Å². The van der Waals surface area contributed by atoms with Gasteiger partial charge in [0.05, 0.1) is 6.07 Å². The first-order chi connectivity index (χ1) is 6.63. The lowest BCUT2D eigenvalue weighted by atomic mass is 9.85. The number of likely N-dealkylation sites (tertiary alicyclic amines) is 1. The highest BCUT2D eigenvalue weighted by Gasteiger charge is 2.36. The largest absolute Gasteiger partial charge is 0.303 e. The van der Waals surface area contributed by atoms with Crippen molar-refractivity contribution in [3.05, 3.63) is 0 Å². The lowest BCUT2D eigenvalue weighted by molar-refractivity contribution is 0.138. The van der Waals surface area contributed by atoms with Crippen LogP contribution in [0.4, 0.5) is 0 Å². The van der Waals surface area contributed by atoms with Crippen LogP contribution < -0.4 is 5.32 Å². The van der Waals surface area contributed by atoms with Crippen molar-refractivity contribution < 1.29 is 0 Å². The van der Waals surface area contributed by atoms with E-state index in [4.69, 9.17) is 0 Å². The van der Waals surface area contributed by atoms with Crippen LogP contribution in [0.15, 0.2) is 0 Å². The van der Waals surface area contributed by atoms with Crippen LogP contribution >= 0.6 is 0 Å². The van der Waals surface area contributed by atoms with Crippen molar-refractivity contribution in [2.75, 3.05) is 20.1 Å². The predicted molar refractivity (Wildman–Crippen MR) is 58.0 cm³/mol. The molecule has 0 spiro atoms. The summed E-state index contributed by atoms with van der Waals surface area (Å²) < 4.78 is 0. The first-order valence-electron chi connectivity index (χ1n) is 5.50. The van der Waals surface area contributed by atoms with Crippen LogP contribution in [0, 0.1) is 11.3 Å². The van der Waals surface area contributed by atoms with Crippen molar-refractivity contribution in [3.63, 3.8) is 0 Å². The summed E-state index contributed by atoms with van der Waals surface area (Å²) in [5.41, 5.74) is -0.262. The van der Waals surface area contributed by atoms with E-state index in [2.05, 4.69) is 37.2 Å². The van der Waals surface area contributed by atoms with E-state index < -0.39 is 0 Å². The Kier molecular flexibility index (Phi) is 3.91. The van der Waals surface area contributed by atoms with Gasteiger partial charge in [0.1, 0.15) is 5.54 Å². The van der Waals surface area contributed by atoms with Gasteiger partial charge in [-0.3, -0.25) is 5.32 Å². The van der Waals surface area contributed by atoms with E-state index in [0.717, 1.165) is 32.4 Å². The molecule has 14 heavy (non-hydrogen) atoms. The first-order valence-corrected chi connectivity index (χ1v) is 5.50. The van der Waals surface area contributed by atoms with Gasteiger partial charge in [-0.2, -0.15) is 5.26 Å². The average molecular weight is 195 g/mol. The number of piperidine rings is 1. The van der Waals surface area contributed by atoms with Crippen LogP contribution in [0.5, 0.6) is 0 Å². The molecule has 0 aromatic rings. The molecule has 1 aliphatic rings. The Morgan fingerprint density at radius 2 is 2.36 bits per heavy atom. The second-order valence-electron chi connectivity index (χ2n) is 4.40. The van der Waals surface area contributed by atoms with Crippen molar-refractivity contribution in [2.24, 2.45) is 0 Å². The van der Waals surface area contributed by atoms with Gasteiger partial charge in [-0.25, -0.2) is 0 Å². The van der Waals surface area contributed by atoms with E-state index in [1.54, 1.807) is 0 Å². The smallest absolute Gasteiger partial charge is 0.109 e. The van der Waals surface area contributed by atoms with Gasteiger partial charge in [-0.1, -0.05) is 6.92 Å². The zero-order valence-electron chi connectivity index (χ0n) is 9.51. The van der Waals surface area contributed by atoms with Crippen LogP contribution in [0.1, 0.15) is 33.1 Å². The summed E-state index contributed by atoms with van der Waals surface area (Å²) in [6.07, 6.45) is 2.98. The molecule has 0 aromatic carbocycles. The molecule has 0 aromatic heterocycles. The predicted octanol–water partition coefficient (Wildman–Crippen LogP) is 1.36. The molecule has 80 valence electrons. The van der Waals surface area contributed by atoms with Crippen LogP contribution in [-0.2, 0) is 0 Å². The normalized spacial score (nSPS) is 34.0. The lowest BCUT2D eigenvalue weighted by Crippen LogP contribution is -2.54. The van der Waals surface area contributed by atoms with Crippen LogP contribution in [0.25, 0.3) is 0 Å². The van der Waals surface area contributed by atoms with Crippen molar-refractivity contribution in [3.8, 4) is 6.07 Å². The fraction of sp³-hybridized carbons (Fsp3) is 0.909. The van der Waals surface area contributed by atoms with Crippen LogP contribution in [-0.4, -0.2) is 36.6 Å². The van der Waals surface area contributed by atoms with Gasteiger partial charge in [-0.15, -0.1) is 0 Å². The average Bonchev–Trinajstić information content (AvgIpc) is 2.20. The van der Waals surface area contributed by atoms with E-state index in [9.17, 15) is 5.26 Å². The third kappa shape index (κ3) is 2.46. The minimum absolute atomic E-state index is 0.262. The molecule has 1 heterocycles. The minimum Gasteiger partial charge on any atom is -0.303 e. The first kappa shape index (κ1) is 11.5. The summed E-state index contributed by atoms with van der Waals surface area (Å²) in [6, 6.07) is 2.97. The molecule has 3 heteroatoms. The Labute approximate surface area is 87.1 Å². The van der Waals surface area contributed by atoms with Crippen LogP contribution in [0.3, 0.4) is 0 Å². The summed E-state index contributed by atoms with van der Waals surface area (Å²) >= 11 is 0. The Hall–Kier alpha value is -0.590. The molecule has 1 fully saturated rings. The van der Waals surface area contributed by atoms with Gasteiger partial charge in [0.25, 0.3) is 0 Å². The molecule has 0 bridgehead atoms. The molecule has 2 atom stereocenters. The van der Waals surface area contributed by atoms with E-state index in [0.29, 0.717) is 6.04 Å². The fourth-order valence-corrected chi connectivity index (χ4v) is 2.02. The SMILES string of the molecule is CCCNC1(C#N)CCN(C)C(C)C1. The van der Waals surface area contributed by atoms with Crippen LogP contribution in [0.2, 0.25) is 0 Å². The van der Waals surface area contributed by atoms with Crippen molar-refractivity contribution >= 4 is 0 Å². The van der Waals surface area contributed by atoms with Crippen molar-refractivity contribution in [1.82, 2.24) is 10.2 Å². The summed E-state index contributed by atoms with van der Waals surface area (Å²) in [5, 5.41) is 12.6. The summed E-state index contributed by atoms with van der Waals surface area (Å²) in [5.74, 6) is 0. The molecule has 0 radical (unpaired) electrons. The maximum absolute atomic E-state index is 9.24. The molecule has 1 N–H and O–H groups in total. The van der Waals surface area contributed by atoms with E-state index in [1.165, 1.54) is 0 Å². The van der Waals surface area contributed by atoms with E-state index in [1.807, 2.05) is 0 Å². The molecular weight excluding hydrogens is 174 g/mol. The number of hydrogen-bond donors (Lipinski definition) is 1. The molecular formula is C11H21N3. The van der Waals surface area contributed by atoms with E-state index in [-0.39, 0.29) is 5.54 Å². The molecule has 0 aliphatic carbocycles. The highest BCUT2D eigenvalue weighted by Crippen LogP contribution is 2.25. The Morgan fingerprint density at radius 1 is 1.64 bits per heavy atom. The standard InChI is InChI=1S/C11H21N3/c1-4-6-13-11(9-12)5-7-14(3)10(2)8-11/h10,13H,4-8H2,1-3H3. The number of hydrogen-bond acceptors (Lipinski definition) is 3. The molecule has 3 nitrogen and oxygen atoms in total. The molecule has 1 rings (SSSR count). The maximum Gasteiger partial charge on any atom is 0.109 e. The zero-order chi connectivity index (χ0) is 10.6. The molecule has 1 aliphatic heterocycles. The molecule has 0 saturated carbocycles. The van der Waals surface area contributed by atoms with Crippen molar-refractivity contribution in [2.45, 2.75) is 44.7 Å². The zero-order valence-corrected chi connectivity index (χ0v) is 9.51. The quantitative estimate of drug-likeness (QED) is 0.739. The Balaban J connectivity index is 2.58. The third-order valence-electron chi connectivity index (χ3n) is 3.22. The fourth-order valence-electron chi connectivity index (χ4n) is 2.02. The summed E-state index contributed by atoms with van der Waals surface area (Å²) in [6.45, 7) is 6.30. The Bertz CT molecular complexity index is 217. The maximum atomic E-state index is 9.24. The van der Waals surface area contributed by atoms with Gasteiger partial charge < -0.3 is 4.90 Å². The lowest BCUT2D eigenvalue weighted by Gasteiger charge is -2.40. The highest BCUT2D eigenvalue weighted by molar-refractivity contribution is 5.10. The van der Waals surface area contributed by atoms with E-state index >= 15 is 0 Å². The topological polar surface area (TPSA) is 39.1 Å². The summed E-state index contributed by atoms with van der Waals surface area (Å²) in [7, 11) is 2.13. The van der Waals surface area contributed by atoms with Crippen molar-refractivity contribution in [1.29, 1.82) is 5.26 Å². The second-order valence-corrected chi connectivity index (χ2v) is 4.40. The molecule has 1 saturated heterocycles. The van der Waals surface area contributed by atoms with Gasteiger partial charge in [0.15, 0.2) is 0 Å². The Morgan fingerprint density at radius 3 is 2.86 bits per heavy atom. The van der Waals surface area contributed by atoms with Gasteiger partial charge in [-0.05, 0) is 39.8 Å². The molecule has 0 amide bonds. The minimum atomic E-state index is -0.262. The van der Waals surface area contributed by atoms with Gasteiger partial charge in [0.2, 0.25) is 0 Å². The number of nitrogens with zero attached hydrogens (tertiary/aromatic N) is 2. The van der Waals surface area contributed by atoms with Gasteiger partial charge >= 0.3 is 0 Å². The number of rotatable bonds is 3. The third-order valence-corrected chi connectivity index (χ3v) is 3.22. The number of nitrogens with one attached hydrogen (secondary N) is 1. The summed E-state index contributed by atoms with van der Waals surface area (Å²) in [4.78, 5) is 2.32. The second kappa shape index (κ2) is 4.77. The monoisotopic (exact) mass is 195 g/mol.